The average Bonchev–Trinajstić information content (AvgIpc) is 3.47. The Morgan fingerprint density at radius 2 is 1.40 bits per heavy atom. The summed E-state index contributed by atoms with van der Waals surface area (Å²) in [7, 11) is 0. The molecule has 25 heavy (non-hydrogen) atoms. The Hall–Kier alpha value is -1.79. The van der Waals surface area contributed by atoms with E-state index in [2.05, 4.69) is 26.3 Å². The molecular weight excluding hydrogens is 318 g/mol. The molecule has 0 unspecified atom stereocenters. The average molecular weight is 351 g/mol. The first-order valence-electron chi connectivity index (χ1n) is 9.78. The van der Waals surface area contributed by atoms with E-state index >= 15 is 0 Å². The van der Waals surface area contributed by atoms with Crippen molar-refractivity contribution in [3.8, 4) is 0 Å². The summed E-state index contributed by atoms with van der Waals surface area (Å²) in [4.78, 5) is 28.1. The Labute approximate surface area is 150 Å². The molecule has 2 fully saturated rings. The van der Waals surface area contributed by atoms with Crippen LogP contribution in [-0.4, -0.2) is 50.5 Å². The minimum absolute atomic E-state index is 0.151. The maximum Gasteiger partial charge on any atom is 0.223 e. The van der Waals surface area contributed by atoms with Gasteiger partial charge in [0.25, 0.3) is 0 Å². The van der Waals surface area contributed by atoms with Gasteiger partial charge >= 0.3 is 0 Å². The number of aliphatic imine (C=N–C) groups is 1. The van der Waals surface area contributed by atoms with E-state index in [1.165, 1.54) is 19.3 Å². The van der Waals surface area contributed by atoms with Gasteiger partial charge in [-0.05, 0) is 32.6 Å². The van der Waals surface area contributed by atoms with Gasteiger partial charge in [-0.15, -0.1) is 0 Å². The van der Waals surface area contributed by atoms with Crippen LogP contribution < -0.4 is 21.3 Å². The van der Waals surface area contributed by atoms with Gasteiger partial charge in [-0.25, -0.2) is 0 Å². The van der Waals surface area contributed by atoms with Gasteiger partial charge in [0.1, 0.15) is 0 Å². The lowest BCUT2D eigenvalue weighted by Gasteiger charge is -2.21. The predicted octanol–water partition coefficient (Wildman–Crippen LogP) is 0.764. The number of nitrogens with one attached hydrogen (secondary N) is 4. The normalized spacial score (nSPS) is 18.5. The summed E-state index contributed by atoms with van der Waals surface area (Å²) in [5.74, 6) is 1.49. The summed E-state index contributed by atoms with van der Waals surface area (Å²) >= 11 is 0. The Morgan fingerprint density at radius 3 is 2.04 bits per heavy atom. The van der Waals surface area contributed by atoms with Crippen molar-refractivity contribution in [1.82, 2.24) is 21.3 Å². The van der Waals surface area contributed by atoms with Crippen molar-refractivity contribution >= 4 is 17.8 Å². The van der Waals surface area contributed by atoms with Crippen LogP contribution in [-0.2, 0) is 9.59 Å². The van der Waals surface area contributed by atoms with E-state index in [4.69, 9.17) is 0 Å². The smallest absolute Gasteiger partial charge is 0.223 e. The van der Waals surface area contributed by atoms with Crippen LogP contribution in [0, 0.1) is 11.8 Å². The molecule has 0 saturated heterocycles. The first-order chi connectivity index (χ1) is 12.2. The molecule has 0 bridgehead atoms. The lowest BCUT2D eigenvalue weighted by atomic mass is 9.89. The number of guanidine groups is 1. The van der Waals surface area contributed by atoms with E-state index in [1.54, 1.807) is 0 Å². The van der Waals surface area contributed by atoms with Crippen molar-refractivity contribution in [3.63, 3.8) is 0 Å². The van der Waals surface area contributed by atoms with Crippen LogP contribution in [0.3, 0.4) is 0 Å². The lowest BCUT2D eigenvalue weighted by molar-refractivity contribution is -0.126. The zero-order chi connectivity index (χ0) is 17.9. The Kier molecular flexibility index (Phi) is 8.55. The summed E-state index contributed by atoms with van der Waals surface area (Å²) in [6, 6.07) is 0. The van der Waals surface area contributed by atoms with Gasteiger partial charge < -0.3 is 21.3 Å². The van der Waals surface area contributed by atoms with Gasteiger partial charge in [0.2, 0.25) is 11.8 Å². The quantitative estimate of drug-likeness (QED) is 0.280. The van der Waals surface area contributed by atoms with E-state index < -0.39 is 0 Å². The highest BCUT2D eigenvalue weighted by Gasteiger charge is 2.28. The number of carbonyl (C=O) groups is 2. The molecule has 0 radical (unpaired) electrons. The first kappa shape index (κ1) is 19.5. The second kappa shape index (κ2) is 10.9. The van der Waals surface area contributed by atoms with Crippen LogP contribution in [0.5, 0.6) is 0 Å². The topological polar surface area (TPSA) is 94.6 Å². The van der Waals surface area contributed by atoms with E-state index in [0.29, 0.717) is 26.2 Å². The standard InChI is InChI=1S/C18H33N5O2/c1-2-19-18(23-13-11-21-17(25)15-8-9-15)22-12-10-20-16(24)14-6-4-3-5-7-14/h14-15H,2-13H2,1H3,(H,20,24)(H,21,25)(H2,19,22,23). The van der Waals surface area contributed by atoms with Crippen molar-refractivity contribution in [2.45, 2.75) is 51.9 Å². The monoisotopic (exact) mass is 351 g/mol. The van der Waals surface area contributed by atoms with Gasteiger partial charge in [0.05, 0.1) is 6.54 Å². The third-order valence-electron chi connectivity index (χ3n) is 4.67. The minimum atomic E-state index is 0.151. The molecule has 142 valence electrons. The molecule has 0 spiro atoms. The van der Waals surface area contributed by atoms with Crippen LogP contribution in [0.4, 0.5) is 0 Å². The Morgan fingerprint density at radius 1 is 0.800 bits per heavy atom. The van der Waals surface area contributed by atoms with E-state index in [1.807, 2.05) is 6.92 Å². The van der Waals surface area contributed by atoms with E-state index in [0.717, 1.165) is 38.2 Å². The van der Waals surface area contributed by atoms with Crippen LogP contribution in [0.1, 0.15) is 51.9 Å². The maximum atomic E-state index is 12.1. The number of hydrogen-bond acceptors (Lipinski definition) is 3. The fraction of sp³-hybridized carbons (Fsp3) is 0.833. The Balaban J connectivity index is 1.58. The van der Waals surface area contributed by atoms with Gasteiger partial charge in [-0.3, -0.25) is 14.6 Å². The summed E-state index contributed by atoms with van der Waals surface area (Å²) in [6.07, 6.45) is 7.69. The Bertz CT molecular complexity index is 456. The highest BCUT2D eigenvalue weighted by Crippen LogP contribution is 2.28. The second-order valence-corrected chi connectivity index (χ2v) is 6.88. The third-order valence-corrected chi connectivity index (χ3v) is 4.67. The molecule has 7 heteroatoms. The van der Waals surface area contributed by atoms with Crippen molar-refractivity contribution < 1.29 is 9.59 Å². The number of carbonyl (C=O) groups excluding carboxylic acids is 2. The van der Waals surface area contributed by atoms with Crippen molar-refractivity contribution in [3.05, 3.63) is 0 Å². The molecule has 2 aliphatic rings. The zero-order valence-corrected chi connectivity index (χ0v) is 15.4. The largest absolute Gasteiger partial charge is 0.357 e. The second-order valence-electron chi connectivity index (χ2n) is 6.88. The number of rotatable bonds is 9. The van der Waals surface area contributed by atoms with Crippen LogP contribution in [0.2, 0.25) is 0 Å². The number of nitrogens with zero attached hydrogens (tertiary/aromatic N) is 1. The molecule has 7 nitrogen and oxygen atoms in total. The number of amides is 2. The molecule has 4 N–H and O–H groups in total. The van der Waals surface area contributed by atoms with Gasteiger partial charge in [-0.1, -0.05) is 19.3 Å². The highest BCUT2D eigenvalue weighted by atomic mass is 16.2. The van der Waals surface area contributed by atoms with Crippen LogP contribution in [0.15, 0.2) is 4.99 Å². The van der Waals surface area contributed by atoms with Gasteiger partial charge in [0.15, 0.2) is 5.96 Å². The van der Waals surface area contributed by atoms with Crippen LogP contribution >= 0.6 is 0 Å². The zero-order valence-electron chi connectivity index (χ0n) is 15.4. The molecule has 0 aromatic rings. The fourth-order valence-corrected chi connectivity index (χ4v) is 3.05. The number of hydrogen-bond donors (Lipinski definition) is 4. The van der Waals surface area contributed by atoms with Gasteiger partial charge in [-0.2, -0.15) is 0 Å². The molecule has 0 atom stereocenters. The molecule has 2 saturated carbocycles. The summed E-state index contributed by atoms with van der Waals surface area (Å²) in [5.41, 5.74) is 0. The third kappa shape index (κ3) is 7.75. The van der Waals surface area contributed by atoms with Crippen molar-refractivity contribution in [2.75, 3.05) is 32.7 Å². The van der Waals surface area contributed by atoms with E-state index in [-0.39, 0.29) is 23.7 Å². The van der Waals surface area contributed by atoms with Gasteiger partial charge in [0, 0.05) is 38.0 Å². The SMILES string of the molecule is CCNC(=NCCNC(=O)C1CC1)NCCNC(=O)C1CCCCC1. The predicted molar refractivity (Wildman–Crippen MR) is 99.3 cm³/mol. The highest BCUT2D eigenvalue weighted by molar-refractivity contribution is 5.81. The summed E-state index contributed by atoms with van der Waals surface area (Å²) in [5, 5.41) is 12.3. The molecule has 0 aromatic heterocycles. The molecule has 0 aliphatic heterocycles. The maximum absolute atomic E-state index is 12.1. The molecule has 2 amide bonds. The van der Waals surface area contributed by atoms with E-state index in [9.17, 15) is 9.59 Å². The van der Waals surface area contributed by atoms with Crippen molar-refractivity contribution in [2.24, 2.45) is 16.8 Å². The lowest BCUT2D eigenvalue weighted by Crippen LogP contribution is -2.43. The molecule has 2 rings (SSSR count). The first-order valence-corrected chi connectivity index (χ1v) is 9.78. The molecular formula is C18H33N5O2. The van der Waals surface area contributed by atoms with Crippen molar-refractivity contribution in [1.29, 1.82) is 0 Å². The molecule has 0 heterocycles. The van der Waals surface area contributed by atoms with Crippen LogP contribution in [0.25, 0.3) is 0 Å². The molecule has 2 aliphatic carbocycles. The summed E-state index contributed by atoms with van der Waals surface area (Å²) in [6.45, 7) is 5.12. The summed E-state index contributed by atoms with van der Waals surface area (Å²) < 4.78 is 0. The molecule has 0 aromatic carbocycles. The fourth-order valence-electron chi connectivity index (χ4n) is 3.05. The minimum Gasteiger partial charge on any atom is -0.357 e.